The number of nitrogens with one attached hydrogen (secondary N) is 2. The number of carbonyl (C=O) groups is 3. The number of anilines is 1. The van der Waals surface area contributed by atoms with Crippen LogP contribution in [0.3, 0.4) is 0 Å². The molecule has 8 heteroatoms. The number of urea groups is 1. The lowest BCUT2D eigenvalue weighted by atomic mass is 9.94. The zero-order valence-electron chi connectivity index (χ0n) is 20.7. The van der Waals surface area contributed by atoms with Crippen molar-refractivity contribution >= 4 is 23.6 Å². The van der Waals surface area contributed by atoms with Crippen LogP contribution in [0, 0.1) is 5.92 Å². The lowest BCUT2D eigenvalue weighted by Crippen LogP contribution is -2.48. The second kappa shape index (κ2) is 12.1. The highest BCUT2D eigenvalue weighted by Crippen LogP contribution is 2.32. The smallest absolute Gasteiger partial charge is 0.338 e. The van der Waals surface area contributed by atoms with Gasteiger partial charge in [0, 0.05) is 17.9 Å². The normalized spacial score (nSPS) is 15.6. The van der Waals surface area contributed by atoms with Gasteiger partial charge in [-0.05, 0) is 49.1 Å². The van der Waals surface area contributed by atoms with E-state index in [0.29, 0.717) is 41.4 Å². The maximum atomic E-state index is 13.0. The zero-order valence-corrected chi connectivity index (χ0v) is 20.7. The lowest BCUT2D eigenvalue weighted by molar-refractivity contribution is -0.140. The Morgan fingerprint density at radius 3 is 2.40 bits per heavy atom. The number of rotatable bonds is 10. The summed E-state index contributed by atoms with van der Waals surface area (Å²) in [6, 6.07) is 15.2. The molecule has 0 fully saturated rings. The van der Waals surface area contributed by atoms with Crippen LogP contribution in [0.1, 0.15) is 45.7 Å². The fraction of sp³-hybridized carbons (Fsp3) is 0.370. The summed E-state index contributed by atoms with van der Waals surface area (Å²) >= 11 is 0. The molecule has 8 nitrogen and oxygen atoms in total. The van der Waals surface area contributed by atoms with Crippen molar-refractivity contribution in [2.75, 3.05) is 25.1 Å². The van der Waals surface area contributed by atoms with E-state index in [4.69, 9.17) is 9.47 Å². The third-order valence-electron chi connectivity index (χ3n) is 5.45. The van der Waals surface area contributed by atoms with Crippen LogP contribution >= 0.6 is 0 Å². The van der Waals surface area contributed by atoms with Crippen molar-refractivity contribution < 1.29 is 23.9 Å². The molecule has 0 aliphatic carbocycles. The van der Waals surface area contributed by atoms with Crippen LogP contribution in [-0.2, 0) is 14.3 Å². The van der Waals surface area contributed by atoms with Gasteiger partial charge >= 0.3 is 12.0 Å². The van der Waals surface area contributed by atoms with Gasteiger partial charge in [0.15, 0.2) is 6.61 Å². The fourth-order valence-electron chi connectivity index (χ4n) is 3.73. The molecule has 1 aliphatic heterocycles. The largest absolute Gasteiger partial charge is 0.484 e. The van der Waals surface area contributed by atoms with E-state index in [1.54, 1.807) is 48.2 Å². The van der Waals surface area contributed by atoms with Gasteiger partial charge in [-0.1, -0.05) is 51.1 Å². The Morgan fingerprint density at radius 2 is 1.77 bits per heavy atom. The fourth-order valence-corrected chi connectivity index (χ4v) is 3.73. The molecule has 0 radical (unpaired) electrons. The Hall–Kier alpha value is -3.81. The third-order valence-corrected chi connectivity index (χ3v) is 5.45. The highest BCUT2D eigenvalue weighted by Gasteiger charge is 2.36. The number of nitrogens with zero attached hydrogens (tertiary/aromatic N) is 1. The van der Waals surface area contributed by atoms with Crippen LogP contribution in [0.5, 0.6) is 5.75 Å². The summed E-state index contributed by atoms with van der Waals surface area (Å²) in [6.07, 6.45) is 0.756. The maximum Gasteiger partial charge on any atom is 0.338 e. The number of hydrogen-bond donors (Lipinski definition) is 2. The number of amides is 3. The van der Waals surface area contributed by atoms with E-state index in [1.807, 2.05) is 39.0 Å². The predicted molar refractivity (Wildman–Crippen MR) is 134 cm³/mol. The molecular weight excluding hydrogens is 446 g/mol. The number of esters is 1. The number of allylic oxidation sites excluding steroid dienone is 1. The Morgan fingerprint density at radius 1 is 1.09 bits per heavy atom. The minimum Gasteiger partial charge on any atom is -0.484 e. The number of ether oxygens (including phenoxy) is 2. The molecule has 0 bridgehead atoms. The molecule has 2 N–H and O–H groups in total. The quantitative estimate of drug-likeness (QED) is 0.484. The number of benzene rings is 2. The van der Waals surface area contributed by atoms with E-state index in [9.17, 15) is 14.4 Å². The molecule has 2 aromatic carbocycles. The molecule has 1 aliphatic rings. The number of para-hydroxylation sites is 1. The number of carbonyl (C=O) groups excluding carboxylic acids is 3. The van der Waals surface area contributed by atoms with Gasteiger partial charge in [-0.3, -0.25) is 9.69 Å². The summed E-state index contributed by atoms with van der Waals surface area (Å²) in [5.74, 6) is 0.0633. The van der Waals surface area contributed by atoms with E-state index in [0.717, 1.165) is 6.42 Å². The summed E-state index contributed by atoms with van der Waals surface area (Å²) in [6.45, 7) is 8.36. The van der Waals surface area contributed by atoms with Crippen molar-refractivity contribution in [1.29, 1.82) is 0 Å². The van der Waals surface area contributed by atoms with Crippen molar-refractivity contribution in [2.24, 2.45) is 5.92 Å². The van der Waals surface area contributed by atoms with Gasteiger partial charge in [-0.15, -0.1) is 0 Å². The van der Waals surface area contributed by atoms with E-state index in [1.165, 1.54) is 0 Å². The summed E-state index contributed by atoms with van der Waals surface area (Å²) in [4.78, 5) is 39.6. The highest BCUT2D eigenvalue weighted by atomic mass is 16.5. The first kappa shape index (κ1) is 25.8. The van der Waals surface area contributed by atoms with Crippen LogP contribution in [0.15, 0.2) is 65.9 Å². The molecule has 1 atom stereocenters. The molecule has 186 valence electrons. The minimum atomic E-state index is -0.651. The summed E-state index contributed by atoms with van der Waals surface area (Å²) in [7, 11) is 0. The van der Waals surface area contributed by atoms with Gasteiger partial charge in [0.05, 0.1) is 18.2 Å². The van der Waals surface area contributed by atoms with E-state index in [-0.39, 0.29) is 24.5 Å². The molecule has 0 saturated heterocycles. The van der Waals surface area contributed by atoms with Gasteiger partial charge in [0.2, 0.25) is 0 Å². The predicted octanol–water partition coefficient (Wildman–Crippen LogP) is 4.65. The SMILES string of the molecule is CCCN1C(=O)NC(c2ccc(NC(=O)COc3ccccc3)cc2)C(C(=O)OCC(C)C)=C1C. The van der Waals surface area contributed by atoms with Crippen LogP contribution < -0.4 is 15.4 Å². The van der Waals surface area contributed by atoms with E-state index < -0.39 is 12.0 Å². The topological polar surface area (TPSA) is 97.0 Å². The van der Waals surface area contributed by atoms with E-state index >= 15 is 0 Å². The molecule has 0 aromatic heterocycles. The Balaban J connectivity index is 1.75. The van der Waals surface area contributed by atoms with Gasteiger partial charge in [-0.2, -0.15) is 0 Å². The maximum absolute atomic E-state index is 13.0. The molecule has 35 heavy (non-hydrogen) atoms. The highest BCUT2D eigenvalue weighted by molar-refractivity contribution is 5.95. The van der Waals surface area contributed by atoms with Gasteiger partial charge in [0.25, 0.3) is 5.91 Å². The molecule has 3 rings (SSSR count). The summed E-state index contributed by atoms with van der Waals surface area (Å²) in [5.41, 5.74) is 2.29. The monoisotopic (exact) mass is 479 g/mol. The van der Waals surface area contributed by atoms with Crippen molar-refractivity contribution in [3.63, 3.8) is 0 Å². The second-order valence-corrected chi connectivity index (χ2v) is 8.80. The minimum absolute atomic E-state index is 0.120. The molecular formula is C27H33N3O5. The average molecular weight is 480 g/mol. The number of hydrogen-bond acceptors (Lipinski definition) is 5. The molecule has 3 amide bonds. The van der Waals surface area contributed by atoms with Crippen LogP contribution in [0.4, 0.5) is 10.5 Å². The van der Waals surface area contributed by atoms with Gasteiger partial charge < -0.3 is 20.1 Å². The lowest BCUT2D eigenvalue weighted by Gasteiger charge is -2.35. The van der Waals surface area contributed by atoms with Crippen molar-refractivity contribution in [3.05, 3.63) is 71.4 Å². The van der Waals surface area contributed by atoms with Crippen molar-refractivity contribution in [2.45, 2.75) is 40.2 Å². The summed E-state index contributed by atoms with van der Waals surface area (Å²) in [5, 5.41) is 5.72. The van der Waals surface area contributed by atoms with Crippen LogP contribution in [-0.4, -0.2) is 42.6 Å². The van der Waals surface area contributed by atoms with Crippen molar-refractivity contribution in [1.82, 2.24) is 10.2 Å². The Labute approximate surface area is 206 Å². The molecule has 1 unspecified atom stereocenters. The standard InChI is InChI=1S/C27H33N3O5/c1-5-15-30-19(4)24(26(32)35-16-18(2)3)25(29-27(30)33)20-11-13-21(14-12-20)28-23(31)17-34-22-9-7-6-8-10-22/h6-14,18,25H,5,15-17H2,1-4H3,(H,28,31)(H,29,33). The first-order valence-corrected chi connectivity index (χ1v) is 11.8. The third kappa shape index (κ3) is 6.85. The first-order chi connectivity index (χ1) is 16.8. The van der Waals surface area contributed by atoms with Crippen LogP contribution in [0.25, 0.3) is 0 Å². The molecule has 0 spiro atoms. The Bertz CT molecular complexity index is 1060. The zero-order chi connectivity index (χ0) is 25.4. The molecule has 2 aromatic rings. The van der Waals surface area contributed by atoms with Gasteiger partial charge in [-0.25, -0.2) is 9.59 Å². The Kier molecular flexibility index (Phi) is 8.89. The van der Waals surface area contributed by atoms with Crippen molar-refractivity contribution in [3.8, 4) is 5.75 Å². The van der Waals surface area contributed by atoms with E-state index in [2.05, 4.69) is 10.6 Å². The average Bonchev–Trinajstić information content (AvgIpc) is 2.84. The molecule has 0 saturated carbocycles. The molecule has 1 heterocycles. The summed E-state index contributed by atoms with van der Waals surface area (Å²) < 4.78 is 11.0. The first-order valence-electron chi connectivity index (χ1n) is 11.8. The van der Waals surface area contributed by atoms with Gasteiger partial charge in [0.1, 0.15) is 5.75 Å². The van der Waals surface area contributed by atoms with Crippen LogP contribution in [0.2, 0.25) is 0 Å². The second-order valence-electron chi connectivity index (χ2n) is 8.80.